The molecule has 0 bridgehead atoms. The largest absolute Gasteiger partial charge is 0.466 e. The molecule has 0 saturated heterocycles. The van der Waals surface area contributed by atoms with Gasteiger partial charge in [0.25, 0.3) is 0 Å². The molecule has 0 fully saturated rings. The van der Waals surface area contributed by atoms with Crippen molar-refractivity contribution < 1.29 is 9.53 Å². The molecule has 16 heavy (non-hydrogen) atoms. The summed E-state index contributed by atoms with van der Waals surface area (Å²) in [4.78, 5) is 11.3. The van der Waals surface area contributed by atoms with Gasteiger partial charge in [-0.15, -0.1) is 0 Å². The molecule has 0 aliphatic carbocycles. The highest BCUT2D eigenvalue weighted by molar-refractivity contribution is 5.70. The highest BCUT2D eigenvalue weighted by Gasteiger charge is 2.16. The minimum Gasteiger partial charge on any atom is -0.466 e. The molecule has 0 radical (unpaired) electrons. The molecule has 2 N–H and O–H groups in total. The Bertz CT molecular complexity index is 336. The molecule has 1 rings (SSSR count). The van der Waals surface area contributed by atoms with Crippen molar-refractivity contribution in [1.82, 2.24) is 9.78 Å². The molecule has 1 aromatic rings. The Balaban J connectivity index is 2.61. The van der Waals surface area contributed by atoms with Crippen molar-refractivity contribution in [3.05, 3.63) is 18.0 Å². The Morgan fingerprint density at radius 3 is 3.00 bits per heavy atom. The SMILES string of the molecule is CCCn1nccc1[C@@H](N)CC(=O)OCC. The lowest BCUT2D eigenvalue weighted by molar-refractivity contribution is -0.143. The predicted octanol–water partition coefficient (Wildman–Crippen LogP) is 1.25. The molecule has 5 heteroatoms. The number of hydrogen-bond acceptors (Lipinski definition) is 4. The van der Waals surface area contributed by atoms with Gasteiger partial charge in [-0.3, -0.25) is 9.48 Å². The summed E-state index contributed by atoms with van der Waals surface area (Å²) >= 11 is 0. The van der Waals surface area contributed by atoms with Crippen molar-refractivity contribution in [3.8, 4) is 0 Å². The van der Waals surface area contributed by atoms with Crippen LogP contribution in [0.3, 0.4) is 0 Å². The summed E-state index contributed by atoms with van der Waals surface area (Å²) < 4.78 is 6.70. The van der Waals surface area contributed by atoms with E-state index in [9.17, 15) is 4.79 Å². The van der Waals surface area contributed by atoms with Gasteiger partial charge < -0.3 is 10.5 Å². The van der Waals surface area contributed by atoms with Crippen molar-refractivity contribution in [3.63, 3.8) is 0 Å². The molecule has 1 atom stereocenters. The first kappa shape index (κ1) is 12.7. The zero-order valence-electron chi connectivity index (χ0n) is 9.85. The Hall–Kier alpha value is -1.36. The molecular weight excluding hydrogens is 206 g/mol. The van der Waals surface area contributed by atoms with E-state index in [0.717, 1.165) is 18.7 Å². The Kier molecular flexibility index (Phi) is 4.98. The standard InChI is InChI=1S/C11H19N3O2/c1-3-7-14-10(5-6-13-14)9(12)8-11(15)16-4-2/h5-6,9H,3-4,7-8,12H2,1-2H3/t9-/m0/s1. The summed E-state index contributed by atoms with van der Waals surface area (Å²) in [6.45, 7) is 5.06. The van der Waals surface area contributed by atoms with Crippen molar-refractivity contribution in [1.29, 1.82) is 0 Å². The van der Waals surface area contributed by atoms with E-state index in [0.29, 0.717) is 6.61 Å². The predicted molar refractivity (Wildman–Crippen MR) is 60.7 cm³/mol. The zero-order valence-corrected chi connectivity index (χ0v) is 9.85. The van der Waals surface area contributed by atoms with Crippen LogP contribution in [0.5, 0.6) is 0 Å². The third kappa shape index (κ3) is 3.34. The lowest BCUT2D eigenvalue weighted by Gasteiger charge is -2.13. The second-order valence-corrected chi connectivity index (χ2v) is 3.59. The quantitative estimate of drug-likeness (QED) is 0.740. The number of carbonyl (C=O) groups excluding carboxylic acids is 1. The number of esters is 1. The third-order valence-corrected chi connectivity index (χ3v) is 2.26. The van der Waals surface area contributed by atoms with E-state index in [4.69, 9.17) is 10.5 Å². The van der Waals surface area contributed by atoms with Gasteiger partial charge >= 0.3 is 5.97 Å². The van der Waals surface area contributed by atoms with Gasteiger partial charge in [0.15, 0.2) is 0 Å². The molecular formula is C11H19N3O2. The Morgan fingerprint density at radius 1 is 1.62 bits per heavy atom. The van der Waals surface area contributed by atoms with Crippen LogP contribution in [-0.2, 0) is 16.1 Å². The van der Waals surface area contributed by atoms with Crippen LogP contribution in [0.1, 0.15) is 38.4 Å². The topological polar surface area (TPSA) is 70.1 Å². The van der Waals surface area contributed by atoms with Crippen LogP contribution in [0.2, 0.25) is 0 Å². The molecule has 0 aliphatic heterocycles. The number of carbonyl (C=O) groups is 1. The summed E-state index contributed by atoms with van der Waals surface area (Å²) in [6.07, 6.45) is 2.89. The minimum absolute atomic E-state index is 0.198. The molecule has 0 spiro atoms. The number of ether oxygens (including phenoxy) is 1. The van der Waals surface area contributed by atoms with Crippen LogP contribution in [0.15, 0.2) is 12.3 Å². The number of aryl methyl sites for hydroxylation is 1. The lowest BCUT2D eigenvalue weighted by Crippen LogP contribution is -2.20. The average Bonchev–Trinajstić information content (AvgIpc) is 2.66. The fourth-order valence-corrected chi connectivity index (χ4v) is 1.56. The van der Waals surface area contributed by atoms with E-state index in [1.54, 1.807) is 13.1 Å². The molecule has 1 aromatic heterocycles. The van der Waals surface area contributed by atoms with E-state index in [1.807, 2.05) is 10.7 Å². The van der Waals surface area contributed by atoms with Crippen molar-refractivity contribution >= 4 is 5.97 Å². The first-order valence-electron chi connectivity index (χ1n) is 5.61. The molecule has 90 valence electrons. The van der Waals surface area contributed by atoms with Gasteiger partial charge in [-0.05, 0) is 19.4 Å². The summed E-state index contributed by atoms with van der Waals surface area (Å²) in [5.74, 6) is -0.265. The fraction of sp³-hybridized carbons (Fsp3) is 0.636. The Labute approximate surface area is 95.6 Å². The maximum absolute atomic E-state index is 11.3. The summed E-state index contributed by atoms with van der Waals surface area (Å²) in [5.41, 5.74) is 6.82. The number of rotatable bonds is 6. The number of hydrogen-bond donors (Lipinski definition) is 1. The van der Waals surface area contributed by atoms with Gasteiger partial charge in [-0.1, -0.05) is 6.92 Å². The van der Waals surface area contributed by atoms with Crippen LogP contribution in [0.25, 0.3) is 0 Å². The summed E-state index contributed by atoms with van der Waals surface area (Å²) in [6, 6.07) is 1.51. The Morgan fingerprint density at radius 2 is 2.38 bits per heavy atom. The van der Waals surface area contributed by atoms with Crippen molar-refractivity contribution in [2.24, 2.45) is 5.73 Å². The molecule has 0 aliphatic rings. The molecule has 5 nitrogen and oxygen atoms in total. The van der Waals surface area contributed by atoms with Gasteiger partial charge in [0, 0.05) is 12.7 Å². The second-order valence-electron chi connectivity index (χ2n) is 3.59. The van der Waals surface area contributed by atoms with Crippen molar-refractivity contribution in [2.45, 2.75) is 39.3 Å². The first-order chi connectivity index (χ1) is 7.69. The highest BCUT2D eigenvalue weighted by Crippen LogP contribution is 2.14. The normalized spacial score (nSPS) is 12.4. The maximum Gasteiger partial charge on any atom is 0.307 e. The van der Waals surface area contributed by atoms with Crippen LogP contribution >= 0.6 is 0 Å². The number of nitrogens with zero attached hydrogens (tertiary/aromatic N) is 2. The van der Waals surface area contributed by atoms with E-state index >= 15 is 0 Å². The van der Waals surface area contributed by atoms with E-state index < -0.39 is 0 Å². The molecule has 1 heterocycles. The monoisotopic (exact) mass is 225 g/mol. The van der Waals surface area contributed by atoms with Crippen molar-refractivity contribution in [2.75, 3.05) is 6.61 Å². The van der Waals surface area contributed by atoms with Crippen LogP contribution < -0.4 is 5.73 Å². The van der Waals surface area contributed by atoms with Gasteiger partial charge in [0.05, 0.1) is 24.8 Å². The van der Waals surface area contributed by atoms with E-state index in [2.05, 4.69) is 12.0 Å². The second kappa shape index (κ2) is 6.27. The first-order valence-corrected chi connectivity index (χ1v) is 5.61. The minimum atomic E-state index is -0.340. The van der Waals surface area contributed by atoms with Gasteiger partial charge in [0.2, 0.25) is 0 Å². The lowest BCUT2D eigenvalue weighted by atomic mass is 10.1. The molecule has 0 amide bonds. The van der Waals surface area contributed by atoms with Gasteiger partial charge in [-0.25, -0.2) is 0 Å². The van der Waals surface area contributed by atoms with Gasteiger partial charge in [0.1, 0.15) is 0 Å². The summed E-state index contributed by atoms with van der Waals surface area (Å²) in [5, 5.41) is 4.16. The van der Waals surface area contributed by atoms with Crippen LogP contribution in [0.4, 0.5) is 0 Å². The smallest absolute Gasteiger partial charge is 0.307 e. The summed E-state index contributed by atoms with van der Waals surface area (Å²) in [7, 11) is 0. The molecule has 0 saturated carbocycles. The fourth-order valence-electron chi connectivity index (χ4n) is 1.56. The van der Waals surface area contributed by atoms with E-state index in [-0.39, 0.29) is 18.4 Å². The number of nitrogens with two attached hydrogens (primary N) is 1. The molecule has 0 aromatic carbocycles. The number of aromatic nitrogens is 2. The maximum atomic E-state index is 11.3. The van der Waals surface area contributed by atoms with E-state index in [1.165, 1.54) is 0 Å². The van der Waals surface area contributed by atoms with Gasteiger partial charge in [-0.2, -0.15) is 5.10 Å². The van der Waals surface area contributed by atoms with Crippen LogP contribution in [-0.4, -0.2) is 22.4 Å². The highest BCUT2D eigenvalue weighted by atomic mass is 16.5. The molecule has 0 unspecified atom stereocenters. The average molecular weight is 225 g/mol. The van der Waals surface area contributed by atoms with Crippen LogP contribution in [0, 0.1) is 0 Å². The third-order valence-electron chi connectivity index (χ3n) is 2.26. The zero-order chi connectivity index (χ0) is 12.0.